The van der Waals surface area contributed by atoms with E-state index in [0.29, 0.717) is 26.1 Å². The molecule has 4 nitrogen and oxygen atoms in total. The molecule has 3 heterocycles. The van der Waals surface area contributed by atoms with Gasteiger partial charge in [0.05, 0.1) is 24.4 Å². The Bertz CT molecular complexity index is 659. The first kappa shape index (κ1) is 13.2. The number of fused-ring (bicyclic) bond motifs is 3. The molecule has 4 heteroatoms. The number of benzene rings is 1. The van der Waals surface area contributed by atoms with E-state index < -0.39 is 5.60 Å². The first-order valence-electron chi connectivity index (χ1n) is 7.54. The van der Waals surface area contributed by atoms with Crippen LogP contribution in [0.25, 0.3) is 10.9 Å². The van der Waals surface area contributed by atoms with Gasteiger partial charge in [-0.1, -0.05) is 24.3 Å². The van der Waals surface area contributed by atoms with E-state index in [0.717, 1.165) is 16.6 Å². The molecule has 2 aliphatic rings. The largest absolute Gasteiger partial charge is 0.383 e. The van der Waals surface area contributed by atoms with Crippen molar-refractivity contribution in [3.63, 3.8) is 0 Å². The molecule has 21 heavy (non-hydrogen) atoms. The Morgan fingerprint density at radius 1 is 1.14 bits per heavy atom. The molecule has 0 aliphatic carbocycles. The second kappa shape index (κ2) is 4.77. The van der Waals surface area contributed by atoms with E-state index in [1.54, 1.807) is 0 Å². The highest BCUT2D eigenvalue weighted by Gasteiger charge is 2.46. The standard InChI is InChI=1S/C17H20N2O2/c1-19-13-8-17(20,9-14(19)11-21-10-13)16-7-6-12-4-2-3-5-15(12)18-16/h2-7,13-14,20H,8-11H2,1H3. The summed E-state index contributed by atoms with van der Waals surface area (Å²) in [7, 11) is 2.13. The average Bonchev–Trinajstić information content (AvgIpc) is 2.49. The summed E-state index contributed by atoms with van der Waals surface area (Å²) in [5.41, 5.74) is 0.908. The van der Waals surface area contributed by atoms with E-state index in [1.165, 1.54) is 0 Å². The quantitative estimate of drug-likeness (QED) is 0.869. The van der Waals surface area contributed by atoms with Gasteiger partial charge in [-0.15, -0.1) is 0 Å². The summed E-state index contributed by atoms with van der Waals surface area (Å²) in [6.45, 7) is 1.39. The molecule has 0 amide bonds. The number of hydrogen-bond acceptors (Lipinski definition) is 4. The molecule has 2 saturated heterocycles. The molecule has 4 rings (SSSR count). The lowest BCUT2D eigenvalue weighted by Gasteiger charge is -2.49. The molecular formula is C17H20N2O2. The van der Waals surface area contributed by atoms with Gasteiger partial charge in [-0.3, -0.25) is 4.90 Å². The van der Waals surface area contributed by atoms with E-state index >= 15 is 0 Å². The monoisotopic (exact) mass is 284 g/mol. The number of pyridine rings is 1. The van der Waals surface area contributed by atoms with Crippen molar-refractivity contribution in [3.05, 3.63) is 42.1 Å². The Balaban J connectivity index is 1.73. The lowest BCUT2D eigenvalue weighted by Crippen LogP contribution is -2.59. The number of hydrogen-bond donors (Lipinski definition) is 1. The van der Waals surface area contributed by atoms with Crippen LogP contribution in [0.5, 0.6) is 0 Å². The Kier molecular flexibility index (Phi) is 2.99. The van der Waals surface area contributed by atoms with Crippen molar-refractivity contribution >= 4 is 10.9 Å². The number of rotatable bonds is 1. The van der Waals surface area contributed by atoms with Crippen molar-refractivity contribution in [1.82, 2.24) is 9.88 Å². The van der Waals surface area contributed by atoms with Crippen molar-refractivity contribution in [1.29, 1.82) is 0 Å². The van der Waals surface area contributed by atoms with Gasteiger partial charge in [0.15, 0.2) is 0 Å². The summed E-state index contributed by atoms with van der Waals surface area (Å²) in [6.07, 6.45) is 1.37. The lowest BCUT2D eigenvalue weighted by molar-refractivity contribution is -0.139. The van der Waals surface area contributed by atoms with E-state index in [1.807, 2.05) is 30.3 Å². The summed E-state index contributed by atoms with van der Waals surface area (Å²) in [6, 6.07) is 12.6. The molecule has 110 valence electrons. The third-order valence-corrected chi connectivity index (χ3v) is 4.99. The van der Waals surface area contributed by atoms with Crippen LogP contribution in [-0.4, -0.2) is 47.3 Å². The molecule has 2 aliphatic heterocycles. The Morgan fingerprint density at radius 2 is 1.86 bits per heavy atom. The van der Waals surface area contributed by atoms with Gasteiger partial charge in [0, 0.05) is 17.5 Å². The zero-order valence-electron chi connectivity index (χ0n) is 12.2. The van der Waals surface area contributed by atoms with E-state index in [4.69, 9.17) is 9.72 Å². The van der Waals surface area contributed by atoms with Gasteiger partial charge in [-0.05, 0) is 32.0 Å². The van der Waals surface area contributed by atoms with Crippen molar-refractivity contribution in [2.45, 2.75) is 30.5 Å². The molecule has 2 atom stereocenters. The van der Waals surface area contributed by atoms with Crippen LogP contribution >= 0.6 is 0 Å². The third kappa shape index (κ3) is 2.14. The van der Waals surface area contributed by atoms with E-state index in [2.05, 4.69) is 18.0 Å². The maximum absolute atomic E-state index is 11.2. The van der Waals surface area contributed by atoms with Crippen molar-refractivity contribution < 1.29 is 9.84 Å². The van der Waals surface area contributed by atoms with Gasteiger partial charge in [0.1, 0.15) is 5.60 Å². The smallest absolute Gasteiger partial charge is 0.110 e. The number of aromatic nitrogens is 1. The highest BCUT2D eigenvalue weighted by Crippen LogP contribution is 2.39. The summed E-state index contributed by atoms with van der Waals surface area (Å²) >= 11 is 0. The highest BCUT2D eigenvalue weighted by molar-refractivity contribution is 5.78. The molecule has 0 saturated carbocycles. The number of morpholine rings is 1. The van der Waals surface area contributed by atoms with Gasteiger partial charge >= 0.3 is 0 Å². The molecule has 0 radical (unpaired) electrons. The number of piperidine rings is 1. The van der Waals surface area contributed by atoms with Crippen LogP contribution in [0.15, 0.2) is 36.4 Å². The summed E-state index contributed by atoms with van der Waals surface area (Å²) in [5.74, 6) is 0. The van der Waals surface area contributed by atoms with Crippen LogP contribution < -0.4 is 0 Å². The van der Waals surface area contributed by atoms with Crippen LogP contribution in [0.3, 0.4) is 0 Å². The number of nitrogens with zero attached hydrogens (tertiary/aromatic N) is 2. The molecule has 1 aromatic heterocycles. The summed E-state index contributed by atoms with van der Waals surface area (Å²) < 4.78 is 5.63. The minimum Gasteiger partial charge on any atom is -0.383 e. The minimum atomic E-state index is -0.838. The maximum atomic E-state index is 11.2. The van der Waals surface area contributed by atoms with Crippen LogP contribution in [0, 0.1) is 0 Å². The second-order valence-corrected chi connectivity index (χ2v) is 6.34. The maximum Gasteiger partial charge on any atom is 0.110 e. The highest BCUT2D eigenvalue weighted by atomic mass is 16.5. The SMILES string of the molecule is CN1C2COCC1CC(O)(c1ccc3ccccc3n1)C2. The first-order valence-corrected chi connectivity index (χ1v) is 7.54. The van der Waals surface area contributed by atoms with Gasteiger partial charge in [0.2, 0.25) is 0 Å². The van der Waals surface area contributed by atoms with Gasteiger partial charge in [-0.25, -0.2) is 4.98 Å². The molecule has 1 N–H and O–H groups in total. The fourth-order valence-electron chi connectivity index (χ4n) is 3.68. The Morgan fingerprint density at radius 3 is 2.62 bits per heavy atom. The molecular weight excluding hydrogens is 264 g/mol. The van der Waals surface area contributed by atoms with Crippen LogP contribution in [0.4, 0.5) is 0 Å². The van der Waals surface area contributed by atoms with Gasteiger partial charge in [0.25, 0.3) is 0 Å². The second-order valence-electron chi connectivity index (χ2n) is 6.34. The molecule has 2 fully saturated rings. The van der Waals surface area contributed by atoms with Crippen molar-refractivity contribution in [2.24, 2.45) is 0 Å². The molecule has 0 spiro atoms. The molecule has 1 aromatic carbocycles. The Labute approximate surface area is 124 Å². The predicted octanol–water partition coefficient (Wildman–Crippen LogP) is 1.92. The van der Waals surface area contributed by atoms with Crippen LogP contribution in [0.1, 0.15) is 18.5 Å². The number of ether oxygens (including phenoxy) is 1. The predicted molar refractivity (Wildman–Crippen MR) is 81.0 cm³/mol. The van der Waals surface area contributed by atoms with E-state index in [9.17, 15) is 5.11 Å². The van der Waals surface area contributed by atoms with Gasteiger partial charge in [-0.2, -0.15) is 0 Å². The zero-order chi connectivity index (χ0) is 14.4. The number of aliphatic hydroxyl groups is 1. The summed E-state index contributed by atoms with van der Waals surface area (Å²) in [4.78, 5) is 7.06. The van der Waals surface area contributed by atoms with Gasteiger partial charge < -0.3 is 9.84 Å². The third-order valence-electron chi connectivity index (χ3n) is 4.99. The minimum absolute atomic E-state index is 0.274. The van der Waals surface area contributed by atoms with Crippen LogP contribution in [-0.2, 0) is 10.3 Å². The van der Waals surface area contributed by atoms with Crippen LogP contribution in [0.2, 0.25) is 0 Å². The normalized spacial score (nSPS) is 33.2. The fraction of sp³-hybridized carbons (Fsp3) is 0.471. The molecule has 2 aromatic rings. The molecule has 2 bridgehead atoms. The zero-order valence-corrected chi connectivity index (χ0v) is 12.2. The number of para-hydroxylation sites is 1. The average molecular weight is 284 g/mol. The topological polar surface area (TPSA) is 45.6 Å². The summed E-state index contributed by atoms with van der Waals surface area (Å²) in [5, 5.41) is 12.3. The van der Waals surface area contributed by atoms with Crippen molar-refractivity contribution in [3.8, 4) is 0 Å². The number of likely N-dealkylation sites (N-methyl/N-ethyl adjacent to an activating group) is 1. The molecule has 2 unspecified atom stereocenters. The van der Waals surface area contributed by atoms with Crippen molar-refractivity contribution in [2.75, 3.05) is 20.3 Å². The Hall–Kier alpha value is -1.49. The van der Waals surface area contributed by atoms with E-state index in [-0.39, 0.29) is 12.1 Å². The first-order chi connectivity index (χ1) is 10.2. The fourth-order valence-corrected chi connectivity index (χ4v) is 3.68. The lowest BCUT2D eigenvalue weighted by atomic mass is 9.79.